The number of aromatic nitrogens is 2. The molecule has 0 aromatic carbocycles. The van der Waals surface area contributed by atoms with Gasteiger partial charge in [-0.05, 0) is 13.3 Å². The van der Waals surface area contributed by atoms with E-state index < -0.39 is 11.9 Å². The molecule has 1 heterocycles. The first-order valence-corrected chi connectivity index (χ1v) is 6.68. The highest BCUT2D eigenvalue weighted by atomic mass is 16.6. The van der Waals surface area contributed by atoms with Crippen molar-refractivity contribution >= 4 is 11.9 Å². The fourth-order valence-corrected chi connectivity index (χ4v) is 1.42. The molecule has 1 N–H and O–H groups in total. The van der Waals surface area contributed by atoms with E-state index in [1.165, 1.54) is 6.20 Å². The first-order valence-electron chi connectivity index (χ1n) is 6.68. The molecule has 1 rings (SSSR count). The van der Waals surface area contributed by atoms with Crippen LogP contribution in [0.5, 0.6) is 5.88 Å². The normalized spacial score (nSPS) is 10.3. The van der Waals surface area contributed by atoms with Gasteiger partial charge in [-0.2, -0.15) is 0 Å². The summed E-state index contributed by atoms with van der Waals surface area (Å²) in [5.41, 5.74) is 0.117. The molecule has 20 heavy (non-hydrogen) atoms. The predicted molar refractivity (Wildman–Crippen MR) is 70.5 cm³/mol. The Bertz CT molecular complexity index is 430. The van der Waals surface area contributed by atoms with Crippen LogP contribution in [0.3, 0.4) is 0 Å². The third-order valence-electron chi connectivity index (χ3n) is 2.36. The monoisotopic (exact) mass is 284 g/mol. The molecule has 0 fully saturated rings. The van der Waals surface area contributed by atoms with Crippen LogP contribution in [0.2, 0.25) is 0 Å². The van der Waals surface area contributed by atoms with Crippen LogP contribution in [0.1, 0.15) is 43.5 Å². The molecule has 0 saturated carbocycles. The molecule has 1 aromatic heterocycles. The van der Waals surface area contributed by atoms with Crippen molar-refractivity contribution in [2.75, 3.05) is 19.8 Å². The smallest absolute Gasteiger partial charge is 0.352 e. The summed E-state index contributed by atoms with van der Waals surface area (Å²) in [6.07, 6.45) is 2.86. The van der Waals surface area contributed by atoms with Gasteiger partial charge in [0, 0.05) is 32.3 Å². The van der Waals surface area contributed by atoms with Gasteiger partial charge in [-0.1, -0.05) is 6.92 Å². The first kappa shape index (κ1) is 16.2. The summed E-state index contributed by atoms with van der Waals surface area (Å²) in [6.45, 7) is 5.34. The minimum atomic E-state index is -0.753. The summed E-state index contributed by atoms with van der Waals surface area (Å²) < 4.78 is 15.2. The minimum Gasteiger partial charge on any atom is -0.476 e. The van der Waals surface area contributed by atoms with Crippen LogP contribution in [0.4, 0.5) is 0 Å². The van der Waals surface area contributed by atoms with E-state index in [9.17, 15) is 9.59 Å². The Labute approximate surface area is 117 Å². The van der Waals surface area contributed by atoms with Crippen LogP contribution in [0.15, 0.2) is 6.20 Å². The second-order valence-corrected chi connectivity index (χ2v) is 4.01. The average Bonchev–Trinajstić information content (AvgIpc) is 2.87. The Hall–Kier alpha value is -1.89. The molecule has 0 radical (unpaired) electrons. The number of aromatic amines is 1. The molecular formula is C13H20N2O5. The van der Waals surface area contributed by atoms with Gasteiger partial charge in [-0.15, -0.1) is 5.10 Å². The number of hydrogen-bond acceptors (Lipinski definition) is 6. The third kappa shape index (κ3) is 5.40. The zero-order valence-electron chi connectivity index (χ0n) is 11.8. The van der Waals surface area contributed by atoms with Gasteiger partial charge in [-0.3, -0.25) is 9.89 Å². The van der Waals surface area contributed by atoms with E-state index in [0.717, 1.165) is 0 Å². The van der Waals surface area contributed by atoms with Gasteiger partial charge < -0.3 is 14.2 Å². The number of esters is 2. The lowest BCUT2D eigenvalue weighted by molar-refractivity contribution is -0.137. The Kier molecular flexibility index (Phi) is 7.34. The highest BCUT2D eigenvalue weighted by Gasteiger charge is 2.19. The third-order valence-corrected chi connectivity index (χ3v) is 2.36. The number of ether oxygens (including phenoxy) is 3. The summed E-state index contributed by atoms with van der Waals surface area (Å²) in [7, 11) is 0. The Balaban J connectivity index is 2.44. The molecule has 7 heteroatoms. The van der Waals surface area contributed by atoms with Crippen LogP contribution in [-0.2, 0) is 14.3 Å². The number of carbonyl (C=O) groups excluding carboxylic acids is 2. The van der Waals surface area contributed by atoms with Gasteiger partial charge >= 0.3 is 11.9 Å². The van der Waals surface area contributed by atoms with E-state index in [1.54, 1.807) is 0 Å². The lowest BCUT2D eigenvalue weighted by atomic mass is 10.3. The first-order chi connectivity index (χ1) is 9.69. The fourth-order valence-electron chi connectivity index (χ4n) is 1.42. The quantitative estimate of drug-likeness (QED) is 0.421. The Morgan fingerprint density at radius 2 is 2.10 bits per heavy atom. The van der Waals surface area contributed by atoms with E-state index in [4.69, 9.17) is 9.47 Å². The molecule has 1 aromatic rings. The number of hydrogen-bond donors (Lipinski definition) is 1. The number of nitrogens with zero attached hydrogens (tertiary/aromatic N) is 1. The van der Waals surface area contributed by atoms with Crippen molar-refractivity contribution in [2.45, 2.75) is 33.1 Å². The second-order valence-electron chi connectivity index (χ2n) is 4.01. The van der Waals surface area contributed by atoms with E-state index in [0.29, 0.717) is 32.7 Å². The lowest BCUT2D eigenvalue weighted by Gasteiger charge is -2.05. The van der Waals surface area contributed by atoms with Crippen molar-refractivity contribution in [3.05, 3.63) is 11.8 Å². The molecule has 7 nitrogen and oxygen atoms in total. The van der Waals surface area contributed by atoms with Crippen LogP contribution in [-0.4, -0.2) is 42.0 Å². The highest BCUT2D eigenvalue weighted by Crippen LogP contribution is 2.15. The molecule has 0 bridgehead atoms. The van der Waals surface area contributed by atoms with Crippen molar-refractivity contribution in [3.63, 3.8) is 0 Å². The number of rotatable bonds is 9. The summed E-state index contributed by atoms with van der Waals surface area (Å²) in [6, 6.07) is 0. The highest BCUT2D eigenvalue weighted by molar-refractivity contribution is 5.98. The molecule has 0 unspecified atom stereocenters. The largest absolute Gasteiger partial charge is 0.476 e. The minimum absolute atomic E-state index is 0.117. The summed E-state index contributed by atoms with van der Waals surface area (Å²) in [4.78, 5) is 23.0. The maximum Gasteiger partial charge on any atom is 0.352 e. The molecule has 112 valence electrons. The molecule has 0 amide bonds. The molecule has 0 spiro atoms. The van der Waals surface area contributed by atoms with Crippen LogP contribution in [0, 0.1) is 0 Å². The zero-order valence-corrected chi connectivity index (χ0v) is 11.8. The van der Waals surface area contributed by atoms with Crippen molar-refractivity contribution in [1.29, 1.82) is 0 Å². The maximum atomic E-state index is 11.7. The fraction of sp³-hybridized carbons (Fsp3) is 0.615. The topological polar surface area (TPSA) is 90.5 Å². The van der Waals surface area contributed by atoms with Crippen LogP contribution < -0.4 is 4.74 Å². The van der Waals surface area contributed by atoms with Crippen molar-refractivity contribution in [2.24, 2.45) is 0 Å². The molecular weight excluding hydrogens is 264 g/mol. The predicted octanol–water partition coefficient (Wildman–Crippen LogP) is 1.70. The Morgan fingerprint density at radius 1 is 1.30 bits per heavy atom. The number of nitrogens with one attached hydrogen (secondary N) is 1. The van der Waals surface area contributed by atoms with E-state index >= 15 is 0 Å². The SMILES string of the molecule is CCCC(=O)OC(=O)c1c[nH]nc1OCCCOCC. The van der Waals surface area contributed by atoms with Crippen LogP contribution >= 0.6 is 0 Å². The summed E-state index contributed by atoms with van der Waals surface area (Å²) >= 11 is 0. The number of H-pyrrole nitrogens is 1. The van der Waals surface area contributed by atoms with Crippen molar-refractivity contribution in [3.8, 4) is 5.88 Å². The van der Waals surface area contributed by atoms with Crippen molar-refractivity contribution in [1.82, 2.24) is 10.2 Å². The molecule has 0 aliphatic rings. The van der Waals surface area contributed by atoms with Gasteiger partial charge in [0.25, 0.3) is 0 Å². The molecule has 0 aliphatic carbocycles. The van der Waals surface area contributed by atoms with Gasteiger partial charge in [-0.25, -0.2) is 4.79 Å². The van der Waals surface area contributed by atoms with Gasteiger partial charge in [0.05, 0.1) is 6.61 Å². The maximum absolute atomic E-state index is 11.7. The lowest BCUT2D eigenvalue weighted by Crippen LogP contribution is -2.13. The summed E-state index contributed by atoms with van der Waals surface area (Å²) in [5.74, 6) is -1.17. The average molecular weight is 284 g/mol. The molecule has 0 aliphatic heterocycles. The Morgan fingerprint density at radius 3 is 2.80 bits per heavy atom. The van der Waals surface area contributed by atoms with Gasteiger partial charge in [0.2, 0.25) is 5.88 Å². The van der Waals surface area contributed by atoms with Gasteiger partial charge in [0.1, 0.15) is 5.56 Å². The zero-order chi connectivity index (χ0) is 14.8. The summed E-state index contributed by atoms with van der Waals surface area (Å²) in [5, 5.41) is 6.33. The van der Waals surface area contributed by atoms with Gasteiger partial charge in [0.15, 0.2) is 0 Å². The van der Waals surface area contributed by atoms with Crippen molar-refractivity contribution < 1.29 is 23.8 Å². The standard InChI is InChI=1S/C13H20N2O5/c1-3-6-11(16)20-13(17)10-9-14-15-12(10)19-8-5-7-18-4-2/h9H,3-8H2,1-2H3,(H,14,15). The van der Waals surface area contributed by atoms with E-state index in [1.807, 2.05) is 13.8 Å². The number of carbonyl (C=O) groups is 2. The van der Waals surface area contributed by atoms with Crippen LogP contribution in [0.25, 0.3) is 0 Å². The molecule has 0 saturated heterocycles. The van der Waals surface area contributed by atoms with E-state index in [2.05, 4.69) is 14.9 Å². The second kappa shape index (κ2) is 9.08. The molecule has 0 atom stereocenters. The van der Waals surface area contributed by atoms with E-state index in [-0.39, 0.29) is 17.9 Å².